The number of fused-ring (bicyclic) bond motifs is 2. The summed E-state index contributed by atoms with van der Waals surface area (Å²) >= 11 is 0. The molecule has 0 aliphatic heterocycles. The van der Waals surface area contributed by atoms with E-state index < -0.39 is 0 Å². The molecule has 1 aliphatic rings. The summed E-state index contributed by atoms with van der Waals surface area (Å²) in [7, 11) is 0. The molecule has 0 radical (unpaired) electrons. The number of amides is 1. The molecule has 1 amide bonds. The van der Waals surface area contributed by atoms with Crippen LogP contribution in [-0.4, -0.2) is 25.8 Å². The highest BCUT2D eigenvalue weighted by Crippen LogP contribution is 2.23. The van der Waals surface area contributed by atoms with Gasteiger partial charge in [0.05, 0.1) is 29.6 Å². The Morgan fingerprint density at radius 3 is 3.18 bits per heavy atom. The van der Waals surface area contributed by atoms with Gasteiger partial charge in [0.1, 0.15) is 5.82 Å². The lowest BCUT2D eigenvalue weighted by atomic mass is 9.89. The molecule has 1 unspecified atom stereocenters. The first-order valence-corrected chi connectivity index (χ1v) is 7.52. The Kier molecular flexibility index (Phi) is 3.14. The zero-order valence-corrected chi connectivity index (χ0v) is 12.1. The molecule has 3 aromatic rings. The molecule has 0 spiro atoms. The van der Waals surface area contributed by atoms with E-state index in [2.05, 4.69) is 25.3 Å². The van der Waals surface area contributed by atoms with E-state index in [9.17, 15) is 4.79 Å². The van der Waals surface area contributed by atoms with Crippen molar-refractivity contribution in [2.24, 2.45) is 5.92 Å². The van der Waals surface area contributed by atoms with E-state index in [4.69, 9.17) is 0 Å². The van der Waals surface area contributed by atoms with Crippen molar-refractivity contribution in [1.29, 1.82) is 0 Å². The molecular weight excluding hydrogens is 278 g/mol. The Bertz CT molecular complexity index is 786. The van der Waals surface area contributed by atoms with E-state index in [0.29, 0.717) is 6.54 Å². The summed E-state index contributed by atoms with van der Waals surface area (Å²) in [5.74, 6) is 0.880. The van der Waals surface area contributed by atoms with E-state index in [-0.39, 0.29) is 11.8 Å². The van der Waals surface area contributed by atoms with Gasteiger partial charge < -0.3 is 15.3 Å². The molecule has 1 aliphatic carbocycles. The Morgan fingerprint density at radius 1 is 1.36 bits per heavy atom. The maximum absolute atomic E-state index is 12.3. The van der Waals surface area contributed by atoms with Crippen LogP contribution in [0.2, 0.25) is 0 Å². The molecule has 0 saturated heterocycles. The molecule has 2 heterocycles. The second kappa shape index (κ2) is 5.29. The van der Waals surface area contributed by atoms with Gasteiger partial charge in [0.15, 0.2) is 0 Å². The van der Waals surface area contributed by atoms with Gasteiger partial charge in [0, 0.05) is 18.0 Å². The van der Waals surface area contributed by atoms with Gasteiger partial charge in [-0.3, -0.25) is 4.79 Å². The number of hydrogen-bond acceptors (Lipinski definition) is 3. The molecular formula is C16H17N5O. The number of imidazole rings is 2. The summed E-state index contributed by atoms with van der Waals surface area (Å²) in [5.41, 5.74) is 4.11. The fraction of sp³-hybridized carbons (Fsp3) is 0.312. The quantitative estimate of drug-likeness (QED) is 0.687. The van der Waals surface area contributed by atoms with Crippen molar-refractivity contribution in [2.75, 3.05) is 0 Å². The minimum atomic E-state index is 0.0114. The second-order valence-corrected chi connectivity index (χ2v) is 5.69. The molecule has 1 aromatic carbocycles. The number of H-pyrrole nitrogens is 2. The number of carbonyl (C=O) groups is 1. The Labute approximate surface area is 127 Å². The molecule has 3 N–H and O–H groups in total. The molecule has 0 fully saturated rings. The van der Waals surface area contributed by atoms with E-state index >= 15 is 0 Å². The Balaban J connectivity index is 1.40. The number of aryl methyl sites for hydroxylation is 1. The van der Waals surface area contributed by atoms with Crippen molar-refractivity contribution in [3.8, 4) is 0 Å². The number of benzene rings is 1. The maximum atomic E-state index is 12.3. The maximum Gasteiger partial charge on any atom is 0.223 e. The number of para-hydroxylation sites is 2. The molecule has 0 saturated carbocycles. The summed E-state index contributed by atoms with van der Waals surface area (Å²) in [6.07, 6.45) is 4.16. The van der Waals surface area contributed by atoms with Crippen molar-refractivity contribution < 1.29 is 4.79 Å². The van der Waals surface area contributed by atoms with Crippen molar-refractivity contribution in [3.05, 3.63) is 47.8 Å². The predicted octanol–water partition coefficient (Wildman–Crippen LogP) is 1.71. The van der Waals surface area contributed by atoms with Gasteiger partial charge in [0.25, 0.3) is 0 Å². The molecule has 6 heteroatoms. The van der Waals surface area contributed by atoms with Gasteiger partial charge in [-0.25, -0.2) is 9.97 Å². The van der Waals surface area contributed by atoms with Gasteiger partial charge in [-0.1, -0.05) is 12.1 Å². The average molecular weight is 295 g/mol. The van der Waals surface area contributed by atoms with Crippen LogP contribution in [-0.2, 0) is 24.2 Å². The van der Waals surface area contributed by atoms with Crippen LogP contribution in [0, 0.1) is 5.92 Å². The third-order valence-corrected chi connectivity index (χ3v) is 4.23. The number of rotatable bonds is 3. The Hall–Kier alpha value is -2.63. The highest BCUT2D eigenvalue weighted by Gasteiger charge is 2.26. The Morgan fingerprint density at radius 2 is 2.27 bits per heavy atom. The van der Waals surface area contributed by atoms with E-state index in [1.807, 2.05) is 24.3 Å². The van der Waals surface area contributed by atoms with Crippen LogP contribution in [0.3, 0.4) is 0 Å². The minimum Gasteiger partial charge on any atom is -0.349 e. The summed E-state index contributed by atoms with van der Waals surface area (Å²) in [4.78, 5) is 27.4. The highest BCUT2D eigenvalue weighted by atomic mass is 16.1. The molecule has 1 atom stereocenters. The number of carbonyl (C=O) groups excluding carboxylic acids is 1. The molecule has 2 aromatic heterocycles. The molecule has 6 nitrogen and oxygen atoms in total. The van der Waals surface area contributed by atoms with Gasteiger partial charge in [-0.2, -0.15) is 0 Å². The van der Waals surface area contributed by atoms with E-state index in [1.165, 1.54) is 0 Å². The van der Waals surface area contributed by atoms with Crippen molar-refractivity contribution in [2.45, 2.75) is 25.8 Å². The van der Waals surface area contributed by atoms with Crippen LogP contribution in [0.25, 0.3) is 11.0 Å². The van der Waals surface area contributed by atoms with Crippen molar-refractivity contribution >= 4 is 16.9 Å². The fourth-order valence-corrected chi connectivity index (χ4v) is 3.03. The standard InChI is InChI=1S/C16H17N5O/c22-16(10-5-6-11-14(7-10)19-9-18-11)17-8-15-20-12-3-1-2-4-13(12)21-15/h1-4,9-10H,5-8H2,(H,17,22)(H,18,19)(H,20,21). The third kappa shape index (κ3) is 2.36. The number of aromatic nitrogens is 4. The summed E-state index contributed by atoms with van der Waals surface area (Å²) in [5, 5.41) is 2.99. The largest absolute Gasteiger partial charge is 0.349 e. The van der Waals surface area contributed by atoms with E-state index in [1.54, 1.807) is 6.33 Å². The van der Waals surface area contributed by atoms with Crippen LogP contribution >= 0.6 is 0 Å². The third-order valence-electron chi connectivity index (χ3n) is 4.23. The zero-order chi connectivity index (χ0) is 14.9. The normalized spacial score (nSPS) is 17.4. The first kappa shape index (κ1) is 13.1. The summed E-state index contributed by atoms with van der Waals surface area (Å²) in [6, 6.07) is 7.86. The van der Waals surface area contributed by atoms with Crippen LogP contribution in [0.4, 0.5) is 0 Å². The summed E-state index contributed by atoms with van der Waals surface area (Å²) < 4.78 is 0. The number of nitrogens with zero attached hydrogens (tertiary/aromatic N) is 2. The average Bonchev–Trinajstić information content (AvgIpc) is 3.17. The van der Waals surface area contributed by atoms with Gasteiger partial charge in [-0.15, -0.1) is 0 Å². The lowest BCUT2D eigenvalue weighted by Gasteiger charge is -2.20. The van der Waals surface area contributed by atoms with Crippen molar-refractivity contribution in [1.82, 2.24) is 25.3 Å². The highest BCUT2D eigenvalue weighted by molar-refractivity contribution is 5.79. The van der Waals surface area contributed by atoms with Crippen LogP contribution in [0.1, 0.15) is 23.6 Å². The molecule has 22 heavy (non-hydrogen) atoms. The number of aromatic amines is 2. The molecule has 112 valence electrons. The lowest BCUT2D eigenvalue weighted by Crippen LogP contribution is -2.34. The van der Waals surface area contributed by atoms with Crippen LogP contribution in [0.15, 0.2) is 30.6 Å². The van der Waals surface area contributed by atoms with E-state index in [0.717, 1.165) is 47.5 Å². The monoisotopic (exact) mass is 295 g/mol. The second-order valence-electron chi connectivity index (χ2n) is 5.69. The van der Waals surface area contributed by atoms with Gasteiger partial charge in [-0.05, 0) is 25.0 Å². The smallest absolute Gasteiger partial charge is 0.223 e. The predicted molar refractivity (Wildman–Crippen MR) is 82.0 cm³/mol. The van der Waals surface area contributed by atoms with Gasteiger partial charge in [0.2, 0.25) is 5.91 Å². The van der Waals surface area contributed by atoms with Crippen molar-refractivity contribution in [3.63, 3.8) is 0 Å². The first-order chi connectivity index (χ1) is 10.8. The summed E-state index contributed by atoms with van der Waals surface area (Å²) in [6.45, 7) is 0.430. The van der Waals surface area contributed by atoms with Gasteiger partial charge >= 0.3 is 0 Å². The SMILES string of the molecule is O=C(NCc1nc2ccccc2[nH]1)C1CCc2nc[nH]c2C1. The van der Waals surface area contributed by atoms with Crippen LogP contribution in [0.5, 0.6) is 0 Å². The zero-order valence-electron chi connectivity index (χ0n) is 12.1. The fourth-order valence-electron chi connectivity index (χ4n) is 3.03. The van der Waals surface area contributed by atoms with Crippen LogP contribution < -0.4 is 5.32 Å². The number of hydrogen-bond donors (Lipinski definition) is 3. The lowest BCUT2D eigenvalue weighted by molar-refractivity contribution is -0.125. The minimum absolute atomic E-state index is 0.0114. The molecule has 4 rings (SSSR count). The topological polar surface area (TPSA) is 86.5 Å². The molecule has 0 bridgehead atoms. The number of nitrogens with one attached hydrogen (secondary N) is 3. The first-order valence-electron chi connectivity index (χ1n) is 7.52.